The highest BCUT2D eigenvalue weighted by Crippen LogP contribution is 2.49. The first-order valence-corrected chi connectivity index (χ1v) is 11.4. The third-order valence-corrected chi connectivity index (χ3v) is 7.07. The zero-order valence-corrected chi connectivity index (χ0v) is 17.1. The minimum Gasteiger partial charge on any atom is -0.379 e. The second-order valence-corrected chi connectivity index (χ2v) is 9.30. The minimum atomic E-state index is -3.32. The molecule has 0 amide bonds. The van der Waals surface area contributed by atoms with Crippen LogP contribution in [-0.4, -0.2) is 70.4 Å². The highest BCUT2D eigenvalue weighted by molar-refractivity contribution is 7.89. The summed E-state index contributed by atoms with van der Waals surface area (Å²) in [5.74, 6) is 0.364. The second-order valence-electron chi connectivity index (χ2n) is 7.21. The molecule has 3 rings (SSSR count). The molecule has 9 heteroatoms. The van der Waals surface area contributed by atoms with Gasteiger partial charge in [-0.3, -0.25) is 4.99 Å². The van der Waals surface area contributed by atoms with E-state index in [2.05, 4.69) is 15.6 Å². The van der Waals surface area contributed by atoms with Crippen LogP contribution in [0.4, 0.5) is 4.39 Å². The van der Waals surface area contributed by atoms with Crippen molar-refractivity contribution < 1.29 is 17.5 Å². The molecule has 1 aromatic rings. The molecular weight excluding hydrogens is 383 g/mol. The molecule has 1 aromatic carbocycles. The molecule has 2 aliphatic rings. The third kappa shape index (κ3) is 5.21. The Morgan fingerprint density at radius 2 is 1.96 bits per heavy atom. The third-order valence-electron chi connectivity index (χ3n) is 5.20. The monoisotopic (exact) mass is 412 g/mol. The number of nitrogens with one attached hydrogen (secondary N) is 2. The van der Waals surface area contributed by atoms with Gasteiger partial charge < -0.3 is 15.4 Å². The molecule has 1 heterocycles. The summed E-state index contributed by atoms with van der Waals surface area (Å²) in [6, 6.07) is 6.85. The van der Waals surface area contributed by atoms with Gasteiger partial charge in [0.25, 0.3) is 0 Å². The SMILES string of the molecule is CCNC(=NCC1(c2ccccc2F)CC1)NCCS(=O)(=O)N1CCOCC1. The van der Waals surface area contributed by atoms with E-state index >= 15 is 0 Å². The van der Waals surface area contributed by atoms with E-state index < -0.39 is 10.0 Å². The topological polar surface area (TPSA) is 83.0 Å². The molecule has 0 atom stereocenters. The molecule has 1 saturated heterocycles. The van der Waals surface area contributed by atoms with Crippen LogP contribution in [0.5, 0.6) is 0 Å². The summed E-state index contributed by atoms with van der Waals surface area (Å²) < 4.78 is 45.6. The molecule has 0 unspecified atom stereocenters. The Balaban J connectivity index is 1.57. The summed E-state index contributed by atoms with van der Waals surface area (Å²) in [4.78, 5) is 4.60. The number of rotatable bonds is 8. The molecule has 2 N–H and O–H groups in total. The fourth-order valence-corrected chi connectivity index (χ4v) is 4.70. The van der Waals surface area contributed by atoms with Gasteiger partial charge in [-0.15, -0.1) is 0 Å². The Morgan fingerprint density at radius 1 is 1.25 bits per heavy atom. The number of aliphatic imine (C=N–C) groups is 1. The van der Waals surface area contributed by atoms with Crippen molar-refractivity contribution in [3.63, 3.8) is 0 Å². The van der Waals surface area contributed by atoms with Crippen molar-refractivity contribution in [2.24, 2.45) is 4.99 Å². The molecular formula is C19H29FN4O3S. The number of sulfonamides is 1. The summed E-state index contributed by atoms with van der Waals surface area (Å²) in [7, 11) is -3.32. The number of hydrogen-bond donors (Lipinski definition) is 2. The van der Waals surface area contributed by atoms with Gasteiger partial charge in [0.15, 0.2) is 5.96 Å². The molecule has 1 saturated carbocycles. The summed E-state index contributed by atoms with van der Waals surface area (Å²) in [5.41, 5.74) is 0.470. The van der Waals surface area contributed by atoms with Crippen LogP contribution in [0.2, 0.25) is 0 Å². The molecule has 0 bridgehead atoms. The maximum absolute atomic E-state index is 14.1. The number of morpholine rings is 1. The molecule has 7 nitrogen and oxygen atoms in total. The average Bonchev–Trinajstić information content (AvgIpc) is 3.48. The van der Waals surface area contributed by atoms with Crippen LogP contribution in [0, 0.1) is 5.82 Å². The first-order chi connectivity index (χ1) is 13.5. The number of guanidine groups is 1. The summed E-state index contributed by atoms with van der Waals surface area (Å²) in [6.07, 6.45) is 1.81. The Morgan fingerprint density at radius 3 is 2.61 bits per heavy atom. The molecule has 28 heavy (non-hydrogen) atoms. The number of ether oxygens (including phenoxy) is 1. The van der Waals surface area contributed by atoms with Gasteiger partial charge in [0.1, 0.15) is 5.82 Å². The van der Waals surface area contributed by atoms with Crippen LogP contribution < -0.4 is 10.6 Å². The van der Waals surface area contributed by atoms with E-state index in [9.17, 15) is 12.8 Å². The number of hydrogen-bond acceptors (Lipinski definition) is 4. The van der Waals surface area contributed by atoms with Gasteiger partial charge in [-0.1, -0.05) is 18.2 Å². The van der Waals surface area contributed by atoms with Crippen molar-refractivity contribution in [1.82, 2.24) is 14.9 Å². The fraction of sp³-hybridized carbons (Fsp3) is 0.632. The van der Waals surface area contributed by atoms with Crippen LogP contribution in [-0.2, 0) is 20.2 Å². The predicted octanol–water partition coefficient (Wildman–Crippen LogP) is 1.07. The molecule has 0 spiro atoms. The van der Waals surface area contributed by atoms with Gasteiger partial charge in [0.2, 0.25) is 10.0 Å². The smallest absolute Gasteiger partial charge is 0.215 e. The van der Waals surface area contributed by atoms with Gasteiger partial charge in [0.05, 0.1) is 25.5 Å². The van der Waals surface area contributed by atoms with Crippen molar-refractivity contribution in [3.05, 3.63) is 35.6 Å². The standard InChI is InChI=1S/C19H29FN4O3S/c1-2-21-18(22-9-14-28(25,26)24-10-12-27-13-11-24)23-15-19(7-8-19)16-5-3-4-6-17(16)20/h3-6H,2,7-15H2,1H3,(H2,21,22,23). The molecule has 0 radical (unpaired) electrons. The Hall–Kier alpha value is -1.71. The molecule has 156 valence electrons. The lowest BCUT2D eigenvalue weighted by Crippen LogP contribution is -2.45. The molecule has 1 aliphatic carbocycles. The highest BCUT2D eigenvalue weighted by Gasteiger charge is 2.45. The van der Waals surface area contributed by atoms with E-state index in [1.54, 1.807) is 6.07 Å². The van der Waals surface area contributed by atoms with Gasteiger partial charge in [-0.25, -0.2) is 12.8 Å². The fourth-order valence-electron chi connectivity index (χ4n) is 3.38. The van der Waals surface area contributed by atoms with Crippen molar-refractivity contribution in [3.8, 4) is 0 Å². The quantitative estimate of drug-likeness (QED) is 0.493. The van der Waals surface area contributed by atoms with Crippen LogP contribution in [0.1, 0.15) is 25.3 Å². The van der Waals surface area contributed by atoms with Gasteiger partial charge in [0, 0.05) is 31.6 Å². The van der Waals surface area contributed by atoms with Crippen LogP contribution in [0.3, 0.4) is 0 Å². The average molecular weight is 413 g/mol. The predicted molar refractivity (Wildman–Crippen MR) is 107 cm³/mol. The number of halogens is 1. The Kier molecular flexibility index (Phi) is 6.90. The summed E-state index contributed by atoms with van der Waals surface area (Å²) in [6.45, 7) is 5.03. The van der Waals surface area contributed by atoms with E-state index in [4.69, 9.17) is 4.74 Å². The highest BCUT2D eigenvalue weighted by atomic mass is 32.2. The maximum atomic E-state index is 14.1. The van der Waals surface area contributed by atoms with E-state index in [-0.39, 0.29) is 23.5 Å². The van der Waals surface area contributed by atoms with E-state index in [0.717, 1.165) is 12.8 Å². The lowest BCUT2D eigenvalue weighted by Gasteiger charge is -2.26. The minimum absolute atomic E-state index is 0.00410. The van der Waals surface area contributed by atoms with Gasteiger partial charge >= 0.3 is 0 Å². The lowest BCUT2D eigenvalue weighted by atomic mass is 9.95. The van der Waals surface area contributed by atoms with Crippen LogP contribution in [0.25, 0.3) is 0 Å². The van der Waals surface area contributed by atoms with E-state index in [0.29, 0.717) is 50.9 Å². The zero-order chi connectivity index (χ0) is 20.0. The Labute approximate surface area is 166 Å². The van der Waals surface area contributed by atoms with Crippen LogP contribution in [0.15, 0.2) is 29.3 Å². The first kappa shape index (κ1) is 21.0. The molecule has 0 aromatic heterocycles. The van der Waals surface area contributed by atoms with Crippen LogP contribution >= 0.6 is 0 Å². The van der Waals surface area contributed by atoms with Crippen molar-refractivity contribution in [2.45, 2.75) is 25.2 Å². The normalized spacial score (nSPS) is 20.0. The van der Waals surface area contributed by atoms with Gasteiger partial charge in [-0.05, 0) is 31.4 Å². The largest absolute Gasteiger partial charge is 0.379 e. The number of benzene rings is 1. The zero-order valence-electron chi connectivity index (χ0n) is 16.3. The Bertz CT molecular complexity index is 790. The lowest BCUT2D eigenvalue weighted by molar-refractivity contribution is 0.0730. The van der Waals surface area contributed by atoms with E-state index in [1.807, 2.05) is 19.1 Å². The number of nitrogens with zero attached hydrogens (tertiary/aromatic N) is 2. The van der Waals surface area contributed by atoms with Gasteiger partial charge in [-0.2, -0.15) is 4.31 Å². The van der Waals surface area contributed by atoms with Crippen molar-refractivity contribution >= 4 is 16.0 Å². The first-order valence-electron chi connectivity index (χ1n) is 9.80. The van der Waals surface area contributed by atoms with E-state index in [1.165, 1.54) is 10.4 Å². The van der Waals surface area contributed by atoms with Crippen molar-refractivity contribution in [1.29, 1.82) is 0 Å². The maximum Gasteiger partial charge on any atom is 0.215 e. The van der Waals surface area contributed by atoms with Crippen molar-refractivity contribution in [2.75, 3.05) is 51.7 Å². The molecule has 1 aliphatic heterocycles. The summed E-state index contributed by atoms with van der Waals surface area (Å²) in [5, 5.41) is 6.22. The second kappa shape index (κ2) is 9.19. The molecule has 2 fully saturated rings. The summed E-state index contributed by atoms with van der Waals surface area (Å²) >= 11 is 0.